The lowest BCUT2D eigenvalue weighted by atomic mass is 10.1. The molecule has 1 aromatic carbocycles. The summed E-state index contributed by atoms with van der Waals surface area (Å²) in [4.78, 5) is 18.2. The minimum absolute atomic E-state index is 0.0639. The number of ketones is 1. The molecule has 0 saturated carbocycles. The Labute approximate surface area is 106 Å². The Bertz CT molecular complexity index is 582. The molecule has 0 unspecified atom stereocenters. The highest BCUT2D eigenvalue weighted by molar-refractivity contribution is 5.98. The number of rotatable bonds is 2. The number of hydrogen-bond acceptors (Lipinski definition) is 3. The van der Waals surface area contributed by atoms with Gasteiger partial charge in [0, 0.05) is 19.3 Å². The molecule has 3 heteroatoms. The van der Waals surface area contributed by atoms with Gasteiger partial charge in [0.05, 0.1) is 5.56 Å². The molecule has 0 aliphatic carbocycles. The zero-order valence-corrected chi connectivity index (χ0v) is 10.3. The predicted molar refractivity (Wildman–Crippen MR) is 70.6 cm³/mol. The number of carbonyl (C=O) groups excluding carboxylic acids is 1. The van der Waals surface area contributed by atoms with Gasteiger partial charge in [-0.3, -0.25) is 4.79 Å². The lowest BCUT2D eigenvalue weighted by Gasteiger charge is -2.18. The first-order chi connectivity index (χ1) is 8.75. The SMILES string of the molecule is CC(=O)c1cccnc1N1Cc2ccccc2C1. The topological polar surface area (TPSA) is 33.2 Å². The summed E-state index contributed by atoms with van der Waals surface area (Å²) in [5, 5.41) is 0. The van der Waals surface area contributed by atoms with E-state index in [9.17, 15) is 4.79 Å². The number of anilines is 1. The molecule has 3 nitrogen and oxygen atoms in total. The number of benzene rings is 1. The first-order valence-electron chi connectivity index (χ1n) is 6.03. The van der Waals surface area contributed by atoms with Crippen molar-refractivity contribution in [2.45, 2.75) is 20.0 Å². The maximum absolute atomic E-state index is 11.6. The molecule has 90 valence electrons. The maximum Gasteiger partial charge on any atom is 0.163 e. The number of carbonyl (C=O) groups is 1. The summed E-state index contributed by atoms with van der Waals surface area (Å²) in [6.45, 7) is 3.24. The highest BCUT2D eigenvalue weighted by Crippen LogP contribution is 2.28. The van der Waals surface area contributed by atoms with Gasteiger partial charge in [-0.15, -0.1) is 0 Å². The molecular weight excluding hydrogens is 224 g/mol. The molecule has 3 rings (SSSR count). The van der Waals surface area contributed by atoms with E-state index in [1.807, 2.05) is 24.3 Å². The molecular formula is C15H14N2O. The Balaban J connectivity index is 1.98. The van der Waals surface area contributed by atoms with Crippen molar-refractivity contribution in [3.8, 4) is 0 Å². The van der Waals surface area contributed by atoms with Crippen LogP contribution >= 0.6 is 0 Å². The minimum atomic E-state index is 0.0639. The fourth-order valence-electron chi connectivity index (χ4n) is 2.41. The van der Waals surface area contributed by atoms with Crippen molar-refractivity contribution in [3.63, 3.8) is 0 Å². The van der Waals surface area contributed by atoms with Crippen molar-refractivity contribution < 1.29 is 4.79 Å². The Morgan fingerprint density at radius 3 is 2.39 bits per heavy atom. The Morgan fingerprint density at radius 2 is 1.78 bits per heavy atom. The largest absolute Gasteiger partial charge is 0.347 e. The summed E-state index contributed by atoms with van der Waals surface area (Å²) in [6, 6.07) is 12.0. The van der Waals surface area contributed by atoms with Crippen molar-refractivity contribution in [3.05, 3.63) is 59.3 Å². The van der Waals surface area contributed by atoms with Crippen molar-refractivity contribution in [2.24, 2.45) is 0 Å². The number of fused-ring (bicyclic) bond motifs is 1. The van der Waals surface area contributed by atoms with Gasteiger partial charge >= 0.3 is 0 Å². The standard InChI is InChI=1S/C15H14N2O/c1-11(18)14-7-4-8-16-15(14)17-9-12-5-2-3-6-13(12)10-17/h2-8H,9-10H2,1H3. The minimum Gasteiger partial charge on any atom is -0.347 e. The normalized spacial score (nSPS) is 13.5. The predicted octanol–water partition coefficient (Wildman–Crippen LogP) is 2.80. The van der Waals surface area contributed by atoms with Crippen LogP contribution in [0.15, 0.2) is 42.6 Å². The van der Waals surface area contributed by atoms with E-state index < -0.39 is 0 Å². The Hall–Kier alpha value is -2.16. The lowest BCUT2D eigenvalue weighted by molar-refractivity contribution is 0.101. The molecule has 0 radical (unpaired) electrons. The number of nitrogens with zero attached hydrogens (tertiary/aromatic N) is 2. The zero-order valence-electron chi connectivity index (χ0n) is 10.3. The molecule has 0 amide bonds. The van der Waals surface area contributed by atoms with Crippen LogP contribution in [0.1, 0.15) is 28.4 Å². The second kappa shape index (κ2) is 4.26. The first-order valence-corrected chi connectivity index (χ1v) is 6.03. The molecule has 1 aromatic heterocycles. The van der Waals surface area contributed by atoms with Gasteiger partial charge in [0.15, 0.2) is 5.78 Å². The third kappa shape index (κ3) is 1.78. The number of hydrogen-bond donors (Lipinski definition) is 0. The van der Waals surface area contributed by atoms with Crippen molar-refractivity contribution >= 4 is 11.6 Å². The van der Waals surface area contributed by atoms with Gasteiger partial charge < -0.3 is 4.90 Å². The van der Waals surface area contributed by atoms with Crippen LogP contribution in [0.25, 0.3) is 0 Å². The smallest absolute Gasteiger partial charge is 0.163 e. The van der Waals surface area contributed by atoms with Crippen LogP contribution in [0.2, 0.25) is 0 Å². The molecule has 2 aromatic rings. The number of pyridine rings is 1. The third-order valence-corrected chi connectivity index (χ3v) is 3.31. The fourth-order valence-corrected chi connectivity index (χ4v) is 2.41. The van der Waals surface area contributed by atoms with Crippen molar-refractivity contribution in [2.75, 3.05) is 4.90 Å². The van der Waals surface area contributed by atoms with E-state index in [4.69, 9.17) is 0 Å². The summed E-state index contributed by atoms with van der Waals surface area (Å²) in [7, 11) is 0. The van der Waals surface area contributed by atoms with E-state index >= 15 is 0 Å². The third-order valence-electron chi connectivity index (χ3n) is 3.31. The second-order valence-corrected chi connectivity index (χ2v) is 4.56. The molecule has 2 heterocycles. The van der Waals surface area contributed by atoms with Crippen LogP contribution in [0.4, 0.5) is 5.82 Å². The molecule has 0 bridgehead atoms. The van der Waals surface area contributed by atoms with E-state index in [0.29, 0.717) is 5.56 Å². The van der Waals surface area contributed by atoms with Gasteiger partial charge in [-0.25, -0.2) is 4.98 Å². The molecule has 0 N–H and O–H groups in total. The van der Waals surface area contributed by atoms with Gasteiger partial charge in [0.2, 0.25) is 0 Å². The van der Waals surface area contributed by atoms with Crippen molar-refractivity contribution in [1.82, 2.24) is 4.98 Å². The lowest BCUT2D eigenvalue weighted by Crippen LogP contribution is -2.18. The zero-order chi connectivity index (χ0) is 12.5. The summed E-state index contributed by atoms with van der Waals surface area (Å²) in [5.74, 6) is 0.857. The average Bonchev–Trinajstić information content (AvgIpc) is 2.82. The van der Waals surface area contributed by atoms with Crippen LogP contribution in [0.5, 0.6) is 0 Å². The van der Waals surface area contributed by atoms with Gasteiger partial charge in [0.25, 0.3) is 0 Å². The van der Waals surface area contributed by atoms with E-state index in [-0.39, 0.29) is 5.78 Å². The van der Waals surface area contributed by atoms with Crippen LogP contribution < -0.4 is 4.90 Å². The maximum atomic E-state index is 11.6. The highest BCUT2D eigenvalue weighted by Gasteiger charge is 2.22. The summed E-state index contributed by atoms with van der Waals surface area (Å²) in [6.07, 6.45) is 1.74. The number of Topliss-reactive ketones (excluding diaryl/α,β-unsaturated/α-hetero) is 1. The van der Waals surface area contributed by atoms with Crippen LogP contribution in [-0.2, 0) is 13.1 Å². The first kappa shape index (κ1) is 11.0. The van der Waals surface area contributed by atoms with Gasteiger partial charge in [-0.2, -0.15) is 0 Å². The molecule has 0 fully saturated rings. The average molecular weight is 238 g/mol. The monoisotopic (exact) mass is 238 g/mol. The van der Waals surface area contributed by atoms with Gasteiger partial charge in [-0.05, 0) is 30.2 Å². The van der Waals surface area contributed by atoms with E-state index in [0.717, 1.165) is 18.9 Å². The highest BCUT2D eigenvalue weighted by atomic mass is 16.1. The Kier molecular flexibility index (Phi) is 2.59. The van der Waals surface area contributed by atoms with Crippen LogP contribution in [-0.4, -0.2) is 10.8 Å². The van der Waals surface area contributed by atoms with E-state index in [1.165, 1.54) is 11.1 Å². The number of aromatic nitrogens is 1. The van der Waals surface area contributed by atoms with Gasteiger partial charge in [-0.1, -0.05) is 24.3 Å². The molecule has 18 heavy (non-hydrogen) atoms. The van der Waals surface area contributed by atoms with Crippen LogP contribution in [0.3, 0.4) is 0 Å². The van der Waals surface area contributed by atoms with Crippen molar-refractivity contribution in [1.29, 1.82) is 0 Å². The summed E-state index contributed by atoms with van der Waals surface area (Å²) < 4.78 is 0. The van der Waals surface area contributed by atoms with Gasteiger partial charge in [0.1, 0.15) is 5.82 Å². The fraction of sp³-hybridized carbons (Fsp3) is 0.200. The molecule has 0 spiro atoms. The quantitative estimate of drug-likeness (QED) is 0.754. The summed E-state index contributed by atoms with van der Waals surface area (Å²) >= 11 is 0. The van der Waals surface area contributed by atoms with E-state index in [2.05, 4.69) is 22.0 Å². The molecule has 1 aliphatic heterocycles. The van der Waals surface area contributed by atoms with E-state index in [1.54, 1.807) is 13.1 Å². The van der Waals surface area contributed by atoms with Crippen LogP contribution in [0, 0.1) is 0 Å². The summed E-state index contributed by atoms with van der Waals surface area (Å²) in [5.41, 5.74) is 3.33. The second-order valence-electron chi connectivity index (χ2n) is 4.56. The Morgan fingerprint density at radius 1 is 1.11 bits per heavy atom. The molecule has 0 saturated heterocycles. The molecule has 0 atom stereocenters. The molecule has 1 aliphatic rings.